The number of aliphatic carboxylic acids is 1. The van der Waals surface area contributed by atoms with Crippen molar-refractivity contribution in [3.63, 3.8) is 0 Å². The van der Waals surface area contributed by atoms with Crippen LogP contribution in [-0.2, 0) is 16.1 Å². The number of carbonyl (C=O) groups is 1. The Morgan fingerprint density at radius 2 is 1.95 bits per heavy atom. The number of halogens is 2. The molecule has 1 aromatic rings. The lowest BCUT2D eigenvalue weighted by molar-refractivity contribution is -0.138. The summed E-state index contributed by atoms with van der Waals surface area (Å²) in [4.78, 5) is 11.2. The molecule has 0 saturated carbocycles. The maximum absolute atomic E-state index is 11.2. The van der Waals surface area contributed by atoms with Crippen molar-refractivity contribution in [2.75, 3.05) is 5.32 Å². The average molecular weight is 320 g/mol. The highest BCUT2D eigenvalue weighted by atomic mass is 35.5. The summed E-state index contributed by atoms with van der Waals surface area (Å²) in [6.07, 6.45) is 0. The quantitative estimate of drug-likeness (QED) is 0.885. The smallest absolute Gasteiger partial charge is 0.326 e. The zero-order chi connectivity index (χ0) is 14.2. The number of nitrogens with zero attached hydrogens (tertiary/aromatic N) is 2. The summed E-state index contributed by atoms with van der Waals surface area (Å²) in [5.74, 6) is -1.05. The molecule has 0 aliphatic carbocycles. The molecule has 0 bridgehead atoms. The van der Waals surface area contributed by atoms with Gasteiger partial charge in [0.1, 0.15) is 17.4 Å². The summed E-state index contributed by atoms with van der Waals surface area (Å²) in [7, 11) is 0. The van der Waals surface area contributed by atoms with E-state index in [0.29, 0.717) is 27.1 Å². The van der Waals surface area contributed by atoms with Crippen LogP contribution in [0.4, 0.5) is 17.1 Å². The number of anilines is 1. The van der Waals surface area contributed by atoms with Crippen molar-refractivity contribution in [1.82, 2.24) is 0 Å². The summed E-state index contributed by atoms with van der Waals surface area (Å²) in [6, 6.07) is 0.776. The Morgan fingerprint density at radius 1 is 1.32 bits per heavy atom. The van der Waals surface area contributed by atoms with Gasteiger partial charge in [0.15, 0.2) is 0 Å². The molecule has 1 aliphatic rings. The van der Waals surface area contributed by atoms with E-state index in [0.717, 1.165) is 11.4 Å². The number of hydrogen-bond donors (Lipinski definition) is 2. The second-order valence-electron chi connectivity index (χ2n) is 4.38. The van der Waals surface area contributed by atoms with Crippen LogP contribution in [-0.4, -0.2) is 17.1 Å². The van der Waals surface area contributed by atoms with E-state index in [-0.39, 0.29) is 5.92 Å². The van der Waals surface area contributed by atoms with Gasteiger partial charge in [0, 0.05) is 0 Å². The van der Waals surface area contributed by atoms with Crippen molar-refractivity contribution in [1.29, 1.82) is 0 Å². The third-order valence-electron chi connectivity index (χ3n) is 2.68. The Balaban J connectivity index is 2.44. The zero-order valence-corrected chi connectivity index (χ0v) is 12.5. The molecule has 0 spiro atoms. The van der Waals surface area contributed by atoms with Gasteiger partial charge in [-0.15, -0.1) is 0 Å². The van der Waals surface area contributed by atoms with Crippen LogP contribution in [0, 0.1) is 5.92 Å². The second-order valence-corrected chi connectivity index (χ2v) is 5.72. The predicted molar refractivity (Wildman–Crippen MR) is 77.9 cm³/mol. The molecular formula is C11H11Cl2N3O2S. The van der Waals surface area contributed by atoms with Gasteiger partial charge in [0.2, 0.25) is 0 Å². The van der Waals surface area contributed by atoms with Gasteiger partial charge in [0.05, 0.1) is 27.1 Å². The third-order valence-corrected chi connectivity index (χ3v) is 3.79. The van der Waals surface area contributed by atoms with Crippen LogP contribution >= 0.6 is 23.2 Å². The summed E-state index contributed by atoms with van der Waals surface area (Å²) >= 11 is 13.1. The van der Waals surface area contributed by atoms with E-state index >= 15 is 0 Å². The van der Waals surface area contributed by atoms with Crippen molar-refractivity contribution in [3.8, 4) is 0 Å². The van der Waals surface area contributed by atoms with E-state index in [2.05, 4.69) is 14.0 Å². The van der Waals surface area contributed by atoms with Crippen LogP contribution in [0.1, 0.15) is 13.8 Å². The van der Waals surface area contributed by atoms with Gasteiger partial charge in [-0.1, -0.05) is 37.0 Å². The van der Waals surface area contributed by atoms with Crippen LogP contribution in [0.15, 0.2) is 14.8 Å². The lowest BCUT2D eigenvalue weighted by atomic mass is 10.0. The SMILES string of the molecule is CC(C)C(Nc1c(Cl)cc(Cl)c2c1N=S=N2)C(=O)O. The monoisotopic (exact) mass is 319 g/mol. The number of rotatable bonds is 4. The van der Waals surface area contributed by atoms with E-state index in [1.54, 1.807) is 0 Å². The molecule has 1 heterocycles. The third kappa shape index (κ3) is 2.75. The standard InChI is InChI=1S/C11H11Cl2N3O2S/c1-4(2)7(11(17)18)14-8-5(12)3-6(13)9-10(8)16-19-15-9/h3-4,7,14H,1-2H3,(H,17,18). The molecule has 2 rings (SSSR count). The molecule has 0 radical (unpaired) electrons. The maximum atomic E-state index is 11.2. The highest BCUT2D eigenvalue weighted by molar-refractivity contribution is 7.58. The molecule has 102 valence electrons. The van der Waals surface area contributed by atoms with Crippen molar-refractivity contribution in [2.24, 2.45) is 14.6 Å². The molecular weight excluding hydrogens is 309 g/mol. The topological polar surface area (TPSA) is 74.0 Å². The fourth-order valence-corrected chi connectivity index (χ4v) is 2.85. The van der Waals surface area contributed by atoms with E-state index in [1.165, 1.54) is 6.07 Å². The molecule has 5 nitrogen and oxygen atoms in total. The van der Waals surface area contributed by atoms with Gasteiger partial charge in [-0.3, -0.25) is 0 Å². The summed E-state index contributed by atoms with van der Waals surface area (Å²) in [5.41, 5.74) is 1.47. The molecule has 1 aliphatic heterocycles. The minimum Gasteiger partial charge on any atom is -0.480 e. The van der Waals surface area contributed by atoms with Crippen LogP contribution in [0.3, 0.4) is 0 Å². The summed E-state index contributed by atoms with van der Waals surface area (Å²) in [6.45, 7) is 3.62. The Hall–Kier alpha value is -1.11. The largest absolute Gasteiger partial charge is 0.480 e. The van der Waals surface area contributed by atoms with Crippen molar-refractivity contribution >= 4 is 57.6 Å². The van der Waals surface area contributed by atoms with Gasteiger partial charge in [-0.25, -0.2) is 4.79 Å². The van der Waals surface area contributed by atoms with Crippen molar-refractivity contribution in [3.05, 3.63) is 16.1 Å². The number of benzene rings is 1. The van der Waals surface area contributed by atoms with Gasteiger partial charge < -0.3 is 10.4 Å². The Labute approximate surface area is 123 Å². The highest BCUT2D eigenvalue weighted by Crippen LogP contribution is 2.47. The molecule has 0 aromatic heterocycles. The van der Waals surface area contributed by atoms with Crippen LogP contribution in [0.5, 0.6) is 0 Å². The highest BCUT2D eigenvalue weighted by Gasteiger charge is 2.26. The Morgan fingerprint density at radius 3 is 2.53 bits per heavy atom. The van der Waals surface area contributed by atoms with E-state index < -0.39 is 12.0 Å². The van der Waals surface area contributed by atoms with Crippen molar-refractivity contribution in [2.45, 2.75) is 19.9 Å². The molecule has 2 N–H and O–H groups in total. The maximum Gasteiger partial charge on any atom is 0.326 e. The van der Waals surface area contributed by atoms with E-state index in [1.807, 2.05) is 13.8 Å². The first-order valence-corrected chi connectivity index (χ1v) is 7.00. The molecule has 1 aromatic carbocycles. The molecule has 0 amide bonds. The van der Waals surface area contributed by atoms with Crippen LogP contribution in [0.2, 0.25) is 10.0 Å². The van der Waals surface area contributed by atoms with Gasteiger partial charge >= 0.3 is 5.97 Å². The predicted octanol–water partition coefficient (Wildman–Crippen LogP) is 4.24. The minimum absolute atomic E-state index is 0.106. The number of carboxylic acid groups (broad SMARTS) is 1. The first-order valence-electron chi connectivity index (χ1n) is 5.51. The van der Waals surface area contributed by atoms with E-state index in [4.69, 9.17) is 23.2 Å². The molecule has 1 atom stereocenters. The van der Waals surface area contributed by atoms with Crippen LogP contribution in [0.25, 0.3) is 0 Å². The second kappa shape index (κ2) is 5.48. The first-order chi connectivity index (χ1) is 8.91. The molecule has 19 heavy (non-hydrogen) atoms. The Bertz CT molecular complexity index is 612. The average Bonchev–Trinajstić information content (AvgIpc) is 2.77. The van der Waals surface area contributed by atoms with Crippen molar-refractivity contribution < 1.29 is 9.90 Å². The van der Waals surface area contributed by atoms with Gasteiger partial charge in [-0.2, -0.15) is 8.73 Å². The van der Waals surface area contributed by atoms with Gasteiger partial charge in [-0.05, 0) is 12.0 Å². The summed E-state index contributed by atoms with van der Waals surface area (Å²) < 4.78 is 8.19. The molecule has 0 fully saturated rings. The molecule has 0 saturated heterocycles. The lowest BCUT2D eigenvalue weighted by Crippen LogP contribution is -2.34. The zero-order valence-electron chi connectivity index (χ0n) is 10.1. The number of hydrogen-bond acceptors (Lipinski definition) is 4. The summed E-state index contributed by atoms with van der Waals surface area (Å²) in [5, 5.41) is 12.9. The minimum atomic E-state index is -0.947. The number of nitrogens with one attached hydrogen (secondary N) is 1. The van der Waals surface area contributed by atoms with Crippen LogP contribution < -0.4 is 5.32 Å². The van der Waals surface area contributed by atoms with E-state index in [9.17, 15) is 9.90 Å². The first kappa shape index (κ1) is 14.3. The fraction of sp³-hybridized carbons (Fsp3) is 0.364. The van der Waals surface area contributed by atoms with Gasteiger partial charge in [0.25, 0.3) is 0 Å². The molecule has 1 unspecified atom stereocenters. The number of carboxylic acids is 1. The normalized spacial score (nSPS) is 14.2. The molecule has 8 heteroatoms. The fourth-order valence-electron chi connectivity index (χ4n) is 1.68. The Kier molecular flexibility index (Phi) is 4.13. The lowest BCUT2D eigenvalue weighted by Gasteiger charge is -2.21. The number of fused-ring (bicyclic) bond motifs is 1.